The van der Waals surface area contributed by atoms with Gasteiger partial charge in [0.25, 0.3) is 5.56 Å². The van der Waals surface area contributed by atoms with Crippen molar-refractivity contribution in [2.24, 2.45) is 5.73 Å². The molecule has 10 heteroatoms. The summed E-state index contributed by atoms with van der Waals surface area (Å²) < 4.78 is 20.8. The number of aromatic nitrogens is 3. The Morgan fingerprint density at radius 3 is 2.92 bits per heavy atom. The second-order valence-corrected chi connectivity index (χ2v) is 5.75. The highest BCUT2D eigenvalue weighted by molar-refractivity contribution is 5.77. The fourth-order valence-electron chi connectivity index (χ4n) is 2.89. The van der Waals surface area contributed by atoms with Crippen molar-refractivity contribution in [2.75, 3.05) is 5.73 Å². The van der Waals surface area contributed by atoms with Crippen molar-refractivity contribution >= 4 is 17.0 Å². The van der Waals surface area contributed by atoms with Crippen LogP contribution in [-0.4, -0.2) is 48.6 Å². The molecule has 128 valence electrons. The van der Waals surface area contributed by atoms with E-state index in [1.165, 1.54) is 6.92 Å². The van der Waals surface area contributed by atoms with Gasteiger partial charge in [0, 0.05) is 6.20 Å². The van der Waals surface area contributed by atoms with E-state index in [4.69, 9.17) is 22.6 Å². The van der Waals surface area contributed by atoms with Crippen molar-refractivity contribution in [2.45, 2.75) is 37.0 Å². The van der Waals surface area contributed by atoms with Crippen LogP contribution in [0.15, 0.2) is 11.0 Å². The molecule has 0 amide bonds. The van der Waals surface area contributed by atoms with Crippen LogP contribution in [0.4, 0.5) is 10.3 Å². The number of fused-ring (bicyclic) bond motifs is 1. The van der Waals surface area contributed by atoms with Crippen LogP contribution in [0.2, 0.25) is 0 Å². The highest BCUT2D eigenvalue weighted by atomic mass is 19.1. The maximum Gasteiger partial charge on any atom is 0.264 e. The van der Waals surface area contributed by atoms with E-state index < -0.39 is 41.5 Å². The van der Waals surface area contributed by atoms with Gasteiger partial charge in [-0.3, -0.25) is 14.3 Å². The third-order valence-corrected chi connectivity index (χ3v) is 4.13. The van der Waals surface area contributed by atoms with Gasteiger partial charge in [0.2, 0.25) is 5.95 Å². The smallest absolute Gasteiger partial charge is 0.264 e. The fraction of sp³-hybridized carbons (Fsp3) is 0.429. The Bertz CT molecular complexity index is 901. The molecule has 0 spiro atoms. The summed E-state index contributed by atoms with van der Waals surface area (Å²) in [4.78, 5) is 18.0. The lowest BCUT2D eigenvalue weighted by Gasteiger charge is -2.27. The number of nitrogens with one attached hydrogen (secondary N) is 1. The fourth-order valence-corrected chi connectivity index (χ4v) is 2.89. The van der Waals surface area contributed by atoms with Crippen LogP contribution in [0.5, 0.6) is 0 Å². The van der Waals surface area contributed by atoms with Crippen molar-refractivity contribution in [1.29, 1.82) is 0 Å². The highest BCUT2D eigenvalue weighted by Crippen LogP contribution is 2.39. The van der Waals surface area contributed by atoms with E-state index in [0.717, 1.165) is 10.8 Å². The van der Waals surface area contributed by atoms with Crippen LogP contribution >= 0.6 is 0 Å². The molecule has 0 aromatic carbocycles. The number of H-pyrrole nitrogens is 1. The minimum absolute atomic E-state index is 0.137. The summed E-state index contributed by atoms with van der Waals surface area (Å²) in [5.41, 5.74) is 8.88. The molecule has 1 saturated heterocycles. The zero-order chi connectivity index (χ0) is 17.8. The Morgan fingerprint density at radius 1 is 1.67 bits per heavy atom. The largest absolute Gasteiger partial charge is 0.391 e. The zero-order valence-corrected chi connectivity index (χ0v) is 12.6. The molecule has 2 aromatic heterocycles. The third kappa shape index (κ3) is 2.10. The SMILES string of the molecule is C#C[C@@]1(N)C(O)[C@@H]([C@@H](C)O)O[C@H]1n1cc(F)c2c(=O)[nH]c(N)nc21. The first kappa shape index (κ1) is 16.4. The highest BCUT2D eigenvalue weighted by Gasteiger charge is 2.55. The van der Waals surface area contributed by atoms with E-state index in [2.05, 4.69) is 15.9 Å². The predicted octanol–water partition coefficient (Wildman–Crippen LogP) is -1.58. The van der Waals surface area contributed by atoms with Gasteiger partial charge in [-0.05, 0) is 6.92 Å². The van der Waals surface area contributed by atoms with Crippen LogP contribution in [0.3, 0.4) is 0 Å². The molecule has 3 heterocycles. The van der Waals surface area contributed by atoms with E-state index in [1.807, 2.05) is 0 Å². The van der Waals surface area contributed by atoms with Crippen LogP contribution in [0.1, 0.15) is 13.2 Å². The van der Waals surface area contributed by atoms with Crippen molar-refractivity contribution in [1.82, 2.24) is 14.5 Å². The lowest BCUT2D eigenvalue weighted by Crippen LogP contribution is -2.54. The van der Waals surface area contributed by atoms with Gasteiger partial charge >= 0.3 is 0 Å². The molecule has 0 bridgehead atoms. The Labute approximate surface area is 135 Å². The molecule has 9 nitrogen and oxygen atoms in total. The van der Waals surface area contributed by atoms with Gasteiger partial charge in [0.15, 0.2) is 23.2 Å². The van der Waals surface area contributed by atoms with Crippen LogP contribution in [0.25, 0.3) is 11.0 Å². The van der Waals surface area contributed by atoms with Crippen molar-refractivity contribution < 1.29 is 19.3 Å². The zero-order valence-electron chi connectivity index (χ0n) is 12.6. The normalized spacial score (nSPS) is 31.2. The van der Waals surface area contributed by atoms with Crippen molar-refractivity contribution in [3.8, 4) is 12.3 Å². The Kier molecular flexibility index (Phi) is 3.61. The molecule has 3 rings (SSSR count). The molecule has 0 radical (unpaired) electrons. The number of aromatic amines is 1. The second-order valence-electron chi connectivity index (χ2n) is 5.75. The summed E-state index contributed by atoms with van der Waals surface area (Å²) in [6, 6.07) is 0. The van der Waals surface area contributed by atoms with Gasteiger partial charge in [-0.15, -0.1) is 6.42 Å². The topological polar surface area (TPSA) is 152 Å². The Morgan fingerprint density at radius 2 is 2.33 bits per heavy atom. The average molecular weight is 337 g/mol. The molecule has 1 aliphatic rings. The lowest BCUT2D eigenvalue weighted by molar-refractivity contribution is -0.0756. The third-order valence-electron chi connectivity index (χ3n) is 4.13. The number of anilines is 1. The predicted molar refractivity (Wildman–Crippen MR) is 82.1 cm³/mol. The van der Waals surface area contributed by atoms with Gasteiger partial charge in [-0.2, -0.15) is 4.98 Å². The Balaban J connectivity index is 2.24. The van der Waals surface area contributed by atoms with Crippen LogP contribution in [-0.2, 0) is 4.74 Å². The van der Waals surface area contributed by atoms with Crippen molar-refractivity contribution in [3.63, 3.8) is 0 Å². The number of nitrogen functional groups attached to an aromatic ring is 1. The molecule has 0 aliphatic carbocycles. The lowest BCUT2D eigenvalue weighted by atomic mass is 9.90. The first-order valence-electron chi connectivity index (χ1n) is 7.04. The minimum Gasteiger partial charge on any atom is -0.391 e. The number of terminal acetylenes is 1. The summed E-state index contributed by atoms with van der Waals surface area (Å²) in [5, 5.41) is 19.7. The second kappa shape index (κ2) is 5.29. The number of nitrogens with zero attached hydrogens (tertiary/aromatic N) is 2. The van der Waals surface area contributed by atoms with E-state index >= 15 is 0 Å². The van der Waals surface area contributed by atoms with Gasteiger partial charge in [0.1, 0.15) is 17.6 Å². The van der Waals surface area contributed by atoms with Crippen LogP contribution < -0.4 is 17.0 Å². The van der Waals surface area contributed by atoms with E-state index in [9.17, 15) is 19.4 Å². The quantitative estimate of drug-likeness (QED) is 0.414. The van der Waals surface area contributed by atoms with Crippen molar-refractivity contribution in [3.05, 3.63) is 22.4 Å². The number of ether oxygens (including phenoxy) is 1. The standard InChI is InChI=1S/C14H16FN5O4/c1-3-14(17)9(22)8(5(2)21)24-12(14)20-4-6(15)7-10(20)18-13(16)19-11(7)23/h1,4-5,8-9,12,21-22H,17H2,2H3,(H3,16,18,19,23)/t5-,8-,9?,12-,14-/m1/s1. The molecular weight excluding hydrogens is 321 g/mol. The van der Waals surface area contributed by atoms with E-state index in [0.29, 0.717) is 0 Å². The average Bonchev–Trinajstić information content (AvgIpc) is 2.95. The summed E-state index contributed by atoms with van der Waals surface area (Å²) >= 11 is 0. The van der Waals surface area contributed by atoms with Gasteiger partial charge in [-0.25, -0.2) is 4.39 Å². The van der Waals surface area contributed by atoms with Gasteiger partial charge in [-0.1, -0.05) is 5.92 Å². The maximum absolute atomic E-state index is 14.2. The summed E-state index contributed by atoms with van der Waals surface area (Å²) in [6.45, 7) is 1.39. The van der Waals surface area contributed by atoms with E-state index in [1.54, 1.807) is 0 Å². The van der Waals surface area contributed by atoms with Gasteiger partial charge in [0.05, 0.1) is 6.10 Å². The Hall–Kier alpha value is -2.45. The number of hydrogen-bond donors (Lipinski definition) is 5. The monoisotopic (exact) mass is 337 g/mol. The van der Waals surface area contributed by atoms with E-state index in [-0.39, 0.29) is 17.0 Å². The molecule has 2 aromatic rings. The molecular formula is C14H16FN5O4. The molecule has 5 atom stereocenters. The number of halogens is 1. The molecule has 24 heavy (non-hydrogen) atoms. The summed E-state index contributed by atoms with van der Waals surface area (Å²) in [5.74, 6) is 1.12. The molecule has 7 N–H and O–H groups in total. The van der Waals surface area contributed by atoms with Crippen LogP contribution in [0, 0.1) is 18.2 Å². The first-order valence-corrected chi connectivity index (χ1v) is 7.04. The maximum atomic E-state index is 14.2. The number of nitrogens with two attached hydrogens (primary N) is 2. The molecule has 1 fully saturated rings. The number of aliphatic hydroxyl groups excluding tert-OH is 2. The first-order chi connectivity index (χ1) is 11.2. The minimum atomic E-state index is -1.78. The number of rotatable bonds is 2. The summed E-state index contributed by atoms with van der Waals surface area (Å²) in [7, 11) is 0. The molecule has 0 saturated carbocycles. The summed E-state index contributed by atoms with van der Waals surface area (Å²) in [6.07, 6.45) is 1.50. The van der Waals surface area contributed by atoms with Gasteiger partial charge < -0.3 is 26.4 Å². The molecule has 1 aliphatic heterocycles. The molecule has 1 unspecified atom stereocenters. The number of hydrogen-bond acceptors (Lipinski definition) is 7. The number of aliphatic hydroxyl groups is 2.